The maximum Gasteiger partial charge on any atom is 0.237 e. The van der Waals surface area contributed by atoms with Gasteiger partial charge in [-0.15, -0.1) is 10.2 Å². The van der Waals surface area contributed by atoms with Crippen molar-refractivity contribution in [1.29, 1.82) is 0 Å². The van der Waals surface area contributed by atoms with Gasteiger partial charge < -0.3 is 10.7 Å². The molecule has 0 spiro atoms. The Balaban J connectivity index is 1.45. The molecule has 0 bridgehead atoms. The van der Waals surface area contributed by atoms with Gasteiger partial charge in [0.2, 0.25) is 11.1 Å². The van der Waals surface area contributed by atoms with Gasteiger partial charge >= 0.3 is 0 Å². The van der Waals surface area contributed by atoms with E-state index in [4.69, 9.17) is 5.84 Å². The van der Waals surface area contributed by atoms with Gasteiger partial charge in [-0.2, -0.15) is 0 Å². The molecule has 2 aromatic rings. The Morgan fingerprint density at radius 3 is 2.96 bits per heavy atom. The van der Waals surface area contributed by atoms with E-state index in [1.54, 1.807) is 4.68 Å². The SMILES string of the molecule is Nn1c(SCC(=O)N2CCCc3ccccc32)nnc1C1CC1. The fraction of sp³-hybridized carbons (Fsp3) is 0.438. The van der Waals surface area contributed by atoms with Crippen LogP contribution < -0.4 is 10.7 Å². The molecule has 6 nitrogen and oxygen atoms in total. The molecule has 2 N–H and O–H groups in total. The van der Waals surface area contributed by atoms with Crippen LogP contribution in [0, 0.1) is 0 Å². The van der Waals surface area contributed by atoms with E-state index in [0.29, 0.717) is 16.8 Å². The van der Waals surface area contributed by atoms with Crippen LogP contribution in [0.15, 0.2) is 29.4 Å². The zero-order valence-corrected chi connectivity index (χ0v) is 13.6. The summed E-state index contributed by atoms with van der Waals surface area (Å²) in [5.41, 5.74) is 2.28. The quantitative estimate of drug-likeness (QED) is 0.685. The molecule has 0 atom stereocenters. The summed E-state index contributed by atoms with van der Waals surface area (Å²) in [5, 5.41) is 8.88. The zero-order chi connectivity index (χ0) is 15.8. The fourth-order valence-electron chi connectivity index (χ4n) is 3.00. The molecule has 1 aliphatic carbocycles. The Labute approximate surface area is 139 Å². The highest BCUT2D eigenvalue weighted by molar-refractivity contribution is 7.99. The summed E-state index contributed by atoms with van der Waals surface area (Å²) in [6, 6.07) is 8.13. The van der Waals surface area contributed by atoms with Gasteiger partial charge in [-0.25, -0.2) is 4.68 Å². The van der Waals surface area contributed by atoms with Gasteiger partial charge in [-0.1, -0.05) is 30.0 Å². The lowest BCUT2D eigenvalue weighted by Gasteiger charge is -2.29. The Kier molecular flexibility index (Phi) is 3.72. The van der Waals surface area contributed by atoms with Crippen LogP contribution in [0.5, 0.6) is 0 Å². The number of fused-ring (bicyclic) bond motifs is 1. The Hall–Kier alpha value is -2.02. The van der Waals surface area contributed by atoms with Gasteiger partial charge in [-0.3, -0.25) is 4.79 Å². The molecule has 120 valence electrons. The first-order chi connectivity index (χ1) is 11.2. The summed E-state index contributed by atoms with van der Waals surface area (Å²) in [7, 11) is 0. The highest BCUT2D eigenvalue weighted by atomic mass is 32.2. The largest absolute Gasteiger partial charge is 0.336 e. The number of carbonyl (C=O) groups excluding carboxylic acids is 1. The van der Waals surface area contributed by atoms with Crippen LogP contribution in [0.4, 0.5) is 5.69 Å². The number of rotatable bonds is 4. The number of hydrogen-bond donors (Lipinski definition) is 1. The zero-order valence-electron chi connectivity index (χ0n) is 12.8. The molecule has 2 aliphatic rings. The molecule has 23 heavy (non-hydrogen) atoms. The van der Waals surface area contributed by atoms with Crippen LogP contribution in [0.3, 0.4) is 0 Å². The number of anilines is 1. The van der Waals surface area contributed by atoms with Crippen LogP contribution in [0.2, 0.25) is 0 Å². The number of aryl methyl sites for hydroxylation is 1. The number of nitrogens with zero attached hydrogens (tertiary/aromatic N) is 4. The lowest BCUT2D eigenvalue weighted by molar-refractivity contribution is -0.116. The molecule has 1 saturated carbocycles. The molecule has 7 heteroatoms. The average Bonchev–Trinajstić information content (AvgIpc) is 3.36. The minimum Gasteiger partial charge on any atom is -0.336 e. The number of aromatic nitrogens is 3. The smallest absolute Gasteiger partial charge is 0.237 e. The predicted molar refractivity (Wildman–Crippen MR) is 90.0 cm³/mol. The van der Waals surface area contributed by atoms with Crippen molar-refractivity contribution in [1.82, 2.24) is 14.9 Å². The van der Waals surface area contributed by atoms with Crippen molar-refractivity contribution < 1.29 is 4.79 Å². The summed E-state index contributed by atoms with van der Waals surface area (Å²) in [4.78, 5) is 14.5. The molecule has 4 rings (SSSR count). The van der Waals surface area contributed by atoms with Crippen LogP contribution in [0.1, 0.15) is 36.6 Å². The van der Waals surface area contributed by atoms with E-state index in [-0.39, 0.29) is 5.91 Å². The van der Waals surface area contributed by atoms with Crippen molar-refractivity contribution in [3.63, 3.8) is 0 Å². The highest BCUT2D eigenvalue weighted by Gasteiger charge is 2.30. The van der Waals surface area contributed by atoms with E-state index in [9.17, 15) is 4.79 Å². The lowest BCUT2D eigenvalue weighted by Crippen LogP contribution is -2.36. The molecule has 0 saturated heterocycles. The third-order valence-corrected chi connectivity index (χ3v) is 5.30. The molecule has 1 fully saturated rings. The number of amides is 1. The van der Waals surface area contributed by atoms with E-state index in [1.165, 1.54) is 17.3 Å². The maximum atomic E-state index is 12.6. The summed E-state index contributed by atoms with van der Waals surface area (Å²) in [6.07, 6.45) is 4.30. The van der Waals surface area contributed by atoms with Gasteiger partial charge in [0.15, 0.2) is 5.82 Å². The van der Waals surface area contributed by atoms with Crippen molar-refractivity contribution in [2.75, 3.05) is 23.0 Å². The number of para-hydroxylation sites is 1. The highest BCUT2D eigenvalue weighted by Crippen LogP contribution is 2.39. The number of thioether (sulfide) groups is 1. The number of nitrogen functional groups attached to an aromatic ring is 1. The van der Waals surface area contributed by atoms with Gasteiger partial charge in [-0.05, 0) is 37.3 Å². The first-order valence-electron chi connectivity index (χ1n) is 7.95. The molecule has 0 radical (unpaired) electrons. The van der Waals surface area contributed by atoms with Gasteiger partial charge in [0.1, 0.15) is 0 Å². The minimum absolute atomic E-state index is 0.0955. The van der Waals surface area contributed by atoms with Crippen LogP contribution in [-0.4, -0.2) is 33.1 Å². The standard InChI is InChI=1S/C16H19N5OS/c17-21-15(12-7-8-12)18-19-16(21)23-10-14(22)20-9-3-5-11-4-1-2-6-13(11)20/h1-2,4,6,12H,3,5,7-10,17H2. The number of hydrogen-bond acceptors (Lipinski definition) is 5. The van der Waals surface area contributed by atoms with Gasteiger partial charge in [0.05, 0.1) is 5.75 Å². The molecule has 1 aromatic heterocycles. The maximum absolute atomic E-state index is 12.6. The van der Waals surface area contributed by atoms with Crippen molar-refractivity contribution in [3.05, 3.63) is 35.7 Å². The van der Waals surface area contributed by atoms with Crippen LogP contribution in [0.25, 0.3) is 0 Å². The Morgan fingerprint density at radius 2 is 2.13 bits per heavy atom. The Morgan fingerprint density at radius 1 is 1.30 bits per heavy atom. The van der Waals surface area contributed by atoms with Crippen molar-refractivity contribution >= 4 is 23.4 Å². The molecule has 0 unspecified atom stereocenters. The lowest BCUT2D eigenvalue weighted by atomic mass is 10.0. The van der Waals surface area contributed by atoms with Crippen molar-refractivity contribution in [3.8, 4) is 0 Å². The normalized spacial score (nSPS) is 17.1. The van der Waals surface area contributed by atoms with E-state index in [2.05, 4.69) is 16.3 Å². The first kappa shape index (κ1) is 14.6. The fourth-order valence-corrected chi connectivity index (χ4v) is 3.74. The molecule has 2 heterocycles. The van der Waals surface area contributed by atoms with Crippen molar-refractivity contribution in [2.45, 2.75) is 36.8 Å². The van der Waals surface area contributed by atoms with Gasteiger partial charge in [0, 0.05) is 18.2 Å². The van der Waals surface area contributed by atoms with E-state index < -0.39 is 0 Å². The van der Waals surface area contributed by atoms with E-state index in [1.807, 2.05) is 23.1 Å². The number of benzene rings is 1. The second-order valence-corrected chi connectivity index (χ2v) is 6.99. The Bertz CT molecular complexity index is 740. The summed E-state index contributed by atoms with van der Waals surface area (Å²) >= 11 is 1.36. The van der Waals surface area contributed by atoms with Gasteiger partial charge in [0.25, 0.3) is 0 Å². The second-order valence-electron chi connectivity index (χ2n) is 6.05. The monoisotopic (exact) mass is 329 g/mol. The third kappa shape index (κ3) is 2.81. The predicted octanol–water partition coefficient (Wildman–Crippen LogP) is 1.94. The van der Waals surface area contributed by atoms with E-state index >= 15 is 0 Å². The summed E-state index contributed by atoms with van der Waals surface area (Å²) < 4.78 is 1.54. The second kappa shape index (κ2) is 5.88. The van der Waals surface area contributed by atoms with E-state index in [0.717, 1.165) is 43.7 Å². The summed E-state index contributed by atoms with van der Waals surface area (Å²) in [6.45, 7) is 0.777. The topological polar surface area (TPSA) is 77.0 Å². The molecular formula is C16H19N5OS. The third-order valence-electron chi connectivity index (χ3n) is 4.37. The molecular weight excluding hydrogens is 310 g/mol. The first-order valence-corrected chi connectivity index (χ1v) is 8.94. The number of carbonyl (C=O) groups is 1. The molecule has 1 aromatic carbocycles. The summed E-state index contributed by atoms with van der Waals surface area (Å²) in [5.74, 6) is 7.74. The average molecular weight is 329 g/mol. The number of nitrogens with two attached hydrogens (primary N) is 1. The molecule has 1 amide bonds. The van der Waals surface area contributed by atoms with Crippen molar-refractivity contribution in [2.24, 2.45) is 0 Å². The molecule has 1 aliphatic heterocycles. The van der Waals surface area contributed by atoms with Crippen LogP contribution in [-0.2, 0) is 11.2 Å². The minimum atomic E-state index is 0.0955. The van der Waals surface area contributed by atoms with Crippen LogP contribution >= 0.6 is 11.8 Å².